The molecule has 2 heterocycles. The molecular formula is C16H14N2O3. The van der Waals surface area contributed by atoms with Crippen LogP contribution in [0.5, 0.6) is 0 Å². The predicted octanol–water partition coefficient (Wildman–Crippen LogP) is 3.20. The minimum absolute atomic E-state index is 0.387. The molecule has 0 spiro atoms. The molecule has 1 aliphatic heterocycles. The van der Waals surface area contributed by atoms with Gasteiger partial charge in [-0.1, -0.05) is 18.2 Å². The molecule has 1 aromatic carbocycles. The Kier molecular flexibility index (Phi) is 2.90. The van der Waals surface area contributed by atoms with Gasteiger partial charge in [0.05, 0.1) is 11.3 Å². The molecular weight excluding hydrogens is 268 g/mol. The van der Waals surface area contributed by atoms with Gasteiger partial charge >= 0.3 is 6.09 Å². The Morgan fingerprint density at radius 3 is 2.62 bits per heavy atom. The van der Waals surface area contributed by atoms with E-state index in [1.807, 2.05) is 19.9 Å². The van der Waals surface area contributed by atoms with E-state index in [0.29, 0.717) is 16.8 Å². The zero-order valence-corrected chi connectivity index (χ0v) is 11.7. The van der Waals surface area contributed by atoms with Gasteiger partial charge in [-0.2, -0.15) is 0 Å². The summed E-state index contributed by atoms with van der Waals surface area (Å²) >= 11 is 0. The number of para-hydroxylation sites is 1. The fourth-order valence-electron chi connectivity index (χ4n) is 2.61. The number of anilines is 1. The van der Waals surface area contributed by atoms with Gasteiger partial charge in [0.2, 0.25) is 0 Å². The second-order valence-electron chi connectivity index (χ2n) is 5.05. The Balaban J connectivity index is 2.18. The first-order valence-corrected chi connectivity index (χ1v) is 6.53. The summed E-state index contributed by atoms with van der Waals surface area (Å²) in [5, 5.41) is 9.24. The maximum Gasteiger partial charge on any atom is 0.419 e. The monoisotopic (exact) mass is 282 g/mol. The van der Waals surface area contributed by atoms with Crippen LogP contribution in [0.4, 0.5) is 10.5 Å². The fraction of sp³-hybridized carbons (Fsp3) is 0.125. The Bertz CT molecular complexity index is 787. The van der Waals surface area contributed by atoms with Gasteiger partial charge < -0.3 is 10.1 Å². The Hall–Kier alpha value is -2.82. The fourth-order valence-corrected chi connectivity index (χ4v) is 2.61. The first-order chi connectivity index (χ1) is 9.99. The van der Waals surface area contributed by atoms with Crippen molar-refractivity contribution in [1.82, 2.24) is 4.98 Å². The standard InChI is InChI=1S/C16H14N2O3/c1-9-7-10(2)17-13(9)8-12-11-5-3-4-6-14(11)18(15(12)19)16(20)21/h3-8,17H,1-2H3,(H,20,21). The van der Waals surface area contributed by atoms with Crippen LogP contribution in [0.1, 0.15) is 22.5 Å². The van der Waals surface area contributed by atoms with Gasteiger partial charge in [-0.3, -0.25) is 4.79 Å². The lowest BCUT2D eigenvalue weighted by Gasteiger charge is -2.09. The molecule has 0 radical (unpaired) electrons. The van der Waals surface area contributed by atoms with Gasteiger partial charge in [-0.15, -0.1) is 0 Å². The lowest BCUT2D eigenvalue weighted by atomic mass is 10.1. The van der Waals surface area contributed by atoms with Gasteiger partial charge in [0.25, 0.3) is 5.91 Å². The number of aromatic amines is 1. The summed E-state index contributed by atoms with van der Waals surface area (Å²) < 4.78 is 0. The number of nitrogens with zero attached hydrogens (tertiary/aromatic N) is 1. The van der Waals surface area contributed by atoms with Crippen LogP contribution in [0, 0.1) is 13.8 Å². The zero-order valence-electron chi connectivity index (χ0n) is 11.7. The number of aryl methyl sites for hydroxylation is 2. The lowest BCUT2D eigenvalue weighted by Crippen LogP contribution is -2.31. The summed E-state index contributed by atoms with van der Waals surface area (Å²) in [5.41, 5.74) is 4.25. The molecule has 106 valence electrons. The van der Waals surface area contributed by atoms with Crippen LogP contribution in [-0.4, -0.2) is 22.1 Å². The van der Waals surface area contributed by atoms with Crippen molar-refractivity contribution in [2.75, 3.05) is 4.90 Å². The number of imide groups is 1. The van der Waals surface area contributed by atoms with E-state index in [2.05, 4.69) is 4.98 Å². The maximum atomic E-state index is 12.4. The number of carboxylic acid groups (broad SMARTS) is 1. The van der Waals surface area contributed by atoms with E-state index in [1.54, 1.807) is 30.3 Å². The van der Waals surface area contributed by atoms with E-state index in [4.69, 9.17) is 0 Å². The van der Waals surface area contributed by atoms with Gasteiger partial charge in [0.15, 0.2) is 0 Å². The highest BCUT2D eigenvalue weighted by Crippen LogP contribution is 2.37. The molecule has 0 bridgehead atoms. The highest BCUT2D eigenvalue weighted by Gasteiger charge is 2.36. The van der Waals surface area contributed by atoms with E-state index < -0.39 is 12.0 Å². The van der Waals surface area contributed by atoms with Crippen molar-refractivity contribution in [1.29, 1.82) is 0 Å². The quantitative estimate of drug-likeness (QED) is 0.789. The van der Waals surface area contributed by atoms with Crippen LogP contribution >= 0.6 is 0 Å². The van der Waals surface area contributed by atoms with Crippen molar-refractivity contribution >= 4 is 29.3 Å². The predicted molar refractivity (Wildman–Crippen MR) is 80.1 cm³/mol. The molecule has 0 aliphatic carbocycles. The Labute approximate surface area is 121 Å². The lowest BCUT2D eigenvalue weighted by molar-refractivity contribution is -0.112. The molecule has 1 aromatic heterocycles. The molecule has 1 aliphatic rings. The van der Waals surface area contributed by atoms with Gasteiger partial charge in [0, 0.05) is 17.0 Å². The van der Waals surface area contributed by atoms with E-state index in [-0.39, 0.29) is 0 Å². The van der Waals surface area contributed by atoms with Crippen LogP contribution in [0.3, 0.4) is 0 Å². The minimum atomic E-state index is -1.27. The van der Waals surface area contributed by atoms with Crippen LogP contribution in [0.2, 0.25) is 0 Å². The summed E-state index contributed by atoms with van der Waals surface area (Å²) in [4.78, 5) is 27.7. The minimum Gasteiger partial charge on any atom is -0.464 e. The van der Waals surface area contributed by atoms with Crippen molar-refractivity contribution < 1.29 is 14.7 Å². The first-order valence-electron chi connectivity index (χ1n) is 6.53. The first kappa shape index (κ1) is 13.2. The maximum absolute atomic E-state index is 12.4. The van der Waals surface area contributed by atoms with Gasteiger partial charge in [0.1, 0.15) is 0 Å². The summed E-state index contributed by atoms with van der Waals surface area (Å²) in [7, 11) is 0. The largest absolute Gasteiger partial charge is 0.464 e. The molecule has 3 rings (SSSR count). The summed E-state index contributed by atoms with van der Waals surface area (Å²) in [5.74, 6) is -0.518. The normalized spacial score (nSPS) is 15.6. The van der Waals surface area contributed by atoms with Crippen molar-refractivity contribution in [2.45, 2.75) is 13.8 Å². The molecule has 5 nitrogen and oxygen atoms in total. The van der Waals surface area contributed by atoms with Crippen LogP contribution in [-0.2, 0) is 4.79 Å². The Morgan fingerprint density at radius 2 is 2.00 bits per heavy atom. The number of carbonyl (C=O) groups excluding carboxylic acids is 1. The molecule has 2 aromatic rings. The average Bonchev–Trinajstić information content (AvgIpc) is 2.88. The number of aromatic nitrogens is 1. The number of hydrogen-bond acceptors (Lipinski definition) is 2. The highest BCUT2D eigenvalue weighted by molar-refractivity contribution is 6.41. The van der Waals surface area contributed by atoms with E-state index in [0.717, 1.165) is 21.9 Å². The molecule has 2 N–H and O–H groups in total. The van der Waals surface area contributed by atoms with Gasteiger partial charge in [-0.25, -0.2) is 9.69 Å². The smallest absolute Gasteiger partial charge is 0.419 e. The number of H-pyrrole nitrogens is 1. The number of nitrogens with one attached hydrogen (secondary N) is 1. The Morgan fingerprint density at radius 1 is 1.29 bits per heavy atom. The number of benzene rings is 1. The van der Waals surface area contributed by atoms with Crippen molar-refractivity contribution in [3.05, 3.63) is 52.8 Å². The third kappa shape index (κ3) is 2.03. The van der Waals surface area contributed by atoms with Crippen molar-refractivity contribution in [3.63, 3.8) is 0 Å². The summed E-state index contributed by atoms with van der Waals surface area (Å²) in [6.45, 7) is 3.87. The number of fused-ring (bicyclic) bond motifs is 1. The summed E-state index contributed by atoms with van der Waals surface area (Å²) in [6, 6.07) is 8.88. The molecule has 0 fully saturated rings. The molecule has 2 amide bonds. The van der Waals surface area contributed by atoms with Crippen LogP contribution < -0.4 is 4.90 Å². The number of carbonyl (C=O) groups is 2. The summed E-state index contributed by atoms with van der Waals surface area (Å²) in [6.07, 6.45) is 0.446. The van der Waals surface area contributed by atoms with E-state index in [9.17, 15) is 14.7 Å². The number of hydrogen-bond donors (Lipinski definition) is 2. The highest BCUT2D eigenvalue weighted by atomic mass is 16.4. The third-order valence-electron chi connectivity index (χ3n) is 3.54. The molecule has 0 saturated heterocycles. The van der Waals surface area contributed by atoms with Crippen LogP contribution in [0.25, 0.3) is 11.6 Å². The zero-order chi connectivity index (χ0) is 15.1. The number of rotatable bonds is 1. The number of amides is 2. The SMILES string of the molecule is Cc1cc(C)c(C=C2C(=O)N(C(=O)O)c3ccccc32)[nH]1. The van der Waals surface area contributed by atoms with E-state index >= 15 is 0 Å². The molecule has 5 heteroatoms. The third-order valence-corrected chi connectivity index (χ3v) is 3.54. The van der Waals surface area contributed by atoms with E-state index in [1.165, 1.54) is 0 Å². The molecule has 0 unspecified atom stereocenters. The molecule has 0 atom stereocenters. The van der Waals surface area contributed by atoms with Crippen LogP contribution in [0.15, 0.2) is 30.3 Å². The van der Waals surface area contributed by atoms with Crippen molar-refractivity contribution in [3.8, 4) is 0 Å². The second-order valence-corrected chi connectivity index (χ2v) is 5.05. The molecule has 0 saturated carbocycles. The van der Waals surface area contributed by atoms with Crippen molar-refractivity contribution in [2.24, 2.45) is 0 Å². The average molecular weight is 282 g/mol. The molecule has 21 heavy (non-hydrogen) atoms. The second kappa shape index (κ2) is 4.63. The van der Waals surface area contributed by atoms with Gasteiger partial charge in [-0.05, 0) is 37.6 Å². The topological polar surface area (TPSA) is 73.4 Å².